The molecule has 3 aromatic rings. The molecule has 0 aromatic heterocycles. The molecule has 2 bridgehead atoms. The van der Waals surface area contributed by atoms with Crippen molar-refractivity contribution in [2.24, 2.45) is 11.8 Å². The van der Waals surface area contributed by atoms with Crippen molar-refractivity contribution in [1.82, 2.24) is 4.90 Å². The molecule has 3 amide bonds. The highest BCUT2D eigenvalue weighted by atomic mass is 16.2. The van der Waals surface area contributed by atoms with Gasteiger partial charge < -0.3 is 5.32 Å². The van der Waals surface area contributed by atoms with Gasteiger partial charge in [-0.2, -0.15) is 0 Å². The van der Waals surface area contributed by atoms with Crippen LogP contribution in [0.3, 0.4) is 0 Å². The minimum atomic E-state index is -0.814. The molecule has 5 heteroatoms. The van der Waals surface area contributed by atoms with Gasteiger partial charge in [-0.1, -0.05) is 86.5 Å². The number of hydrogen-bond acceptors (Lipinski definition) is 3. The van der Waals surface area contributed by atoms with E-state index >= 15 is 0 Å². The lowest BCUT2D eigenvalue weighted by Crippen LogP contribution is -2.48. The van der Waals surface area contributed by atoms with Crippen LogP contribution < -0.4 is 5.32 Å². The highest BCUT2D eigenvalue weighted by Crippen LogP contribution is 2.61. The largest absolute Gasteiger partial charge is 0.324 e. The van der Waals surface area contributed by atoms with E-state index in [2.05, 4.69) is 29.6 Å². The molecule has 0 spiro atoms. The Morgan fingerprint density at radius 3 is 1.69 bits per heavy atom. The average molecular weight is 465 g/mol. The molecular formula is C30H28N2O3. The molecule has 0 unspecified atom stereocenters. The maximum Gasteiger partial charge on any atom is 0.247 e. The van der Waals surface area contributed by atoms with Crippen LogP contribution in [0.2, 0.25) is 0 Å². The third-order valence-electron chi connectivity index (χ3n) is 7.97. The van der Waals surface area contributed by atoms with E-state index in [0.717, 1.165) is 35.1 Å². The first-order chi connectivity index (χ1) is 17.1. The van der Waals surface area contributed by atoms with E-state index < -0.39 is 17.9 Å². The second kappa shape index (κ2) is 8.49. The molecule has 0 radical (unpaired) electrons. The minimum Gasteiger partial charge on any atom is -0.324 e. The van der Waals surface area contributed by atoms with Crippen LogP contribution in [0.15, 0.2) is 78.9 Å². The van der Waals surface area contributed by atoms with Crippen LogP contribution in [0.4, 0.5) is 5.69 Å². The van der Waals surface area contributed by atoms with E-state index in [1.807, 2.05) is 61.5 Å². The number of para-hydroxylation sites is 1. The summed E-state index contributed by atoms with van der Waals surface area (Å²) >= 11 is 0. The standard InChI is InChI=1S/C30H28N2O3/c1-2-3-17-23(28(33)31-18-11-5-4-6-12-18)32-29(34)26-24-19-13-7-8-14-20(19)25(27(26)30(32)35)22-16-10-9-15-21(22)24/h4-16,23-27H,2-3,17H2,1H3,(H,31,33)/t23-,24?,25?,26-,27+/m1/s1. The molecule has 35 heavy (non-hydrogen) atoms. The number of carbonyl (C=O) groups is 3. The number of likely N-dealkylation sites (tertiary alicyclic amines) is 1. The predicted molar refractivity (Wildman–Crippen MR) is 134 cm³/mol. The summed E-state index contributed by atoms with van der Waals surface area (Å²) in [5.74, 6) is -1.97. The van der Waals surface area contributed by atoms with Gasteiger partial charge >= 0.3 is 0 Å². The molecule has 3 aliphatic carbocycles. The Morgan fingerprint density at radius 1 is 0.771 bits per heavy atom. The van der Waals surface area contributed by atoms with Crippen molar-refractivity contribution in [1.29, 1.82) is 0 Å². The van der Waals surface area contributed by atoms with Crippen molar-refractivity contribution < 1.29 is 14.4 Å². The van der Waals surface area contributed by atoms with Gasteiger partial charge in [0.15, 0.2) is 0 Å². The number of nitrogens with one attached hydrogen (secondary N) is 1. The number of amides is 3. The second-order valence-corrected chi connectivity index (χ2v) is 9.82. The summed E-state index contributed by atoms with van der Waals surface area (Å²) in [5.41, 5.74) is 5.22. The van der Waals surface area contributed by atoms with E-state index in [1.165, 1.54) is 4.90 Å². The number of anilines is 1. The smallest absolute Gasteiger partial charge is 0.247 e. The lowest BCUT2D eigenvalue weighted by Gasteiger charge is -2.45. The van der Waals surface area contributed by atoms with Crippen LogP contribution in [0.1, 0.15) is 60.3 Å². The van der Waals surface area contributed by atoms with Crippen LogP contribution in [0.25, 0.3) is 0 Å². The summed E-state index contributed by atoms with van der Waals surface area (Å²) < 4.78 is 0. The van der Waals surface area contributed by atoms with Crippen molar-refractivity contribution in [2.75, 3.05) is 5.32 Å². The zero-order valence-corrected chi connectivity index (χ0v) is 19.7. The normalized spacial score (nSPS) is 24.5. The Labute approximate surface area is 205 Å². The quantitative estimate of drug-likeness (QED) is 0.518. The average Bonchev–Trinajstić information content (AvgIpc) is 3.15. The summed E-state index contributed by atoms with van der Waals surface area (Å²) in [4.78, 5) is 42.9. The van der Waals surface area contributed by atoms with Gasteiger partial charge in [0.25, 0.3) is 0 Å². The van der Waals surface area contributed by atoms with Crippen molar-refractivity contribution in [2.45, 2.75) is 44.1 Å². The van der Waals surface area contributed by atoms with Gasteiger partial charge in [0.05, 0.1) is 11.8 Å². The lowest BCUT2D eigenvalue weighted by atomic mass is 9.55. The number of hydrogen-bond donors (Lipinski definition) is 1. The third-order valence-corrected chi connectivity index (χ3v) is 7.97. The van der Waals surface area contributed by atoms with Crippen LogP contribution in [-0.2, 0) is 14.4 Å². The van der Waals surface area contributed by atoms with Crippen molar-refractivity contribution in [3.63, 3.8) is 0 Å². The lowest BCUT2D eigenvalue weighted by molar-refractivity contribution is -0.147. The van der Waals surface area contributed by atoms with Crippen molar-refractivity contribution in [3.05, 3.63) is 101 Å². The maximum atomic E-state index is 14.0. The first kappa shape index (κ1) is 21.8. The Bertz CT molecular complexity index is 1200. The summed E-state index contributed by atoms with van der Waals surface area (Å²) in [7, 11) is 0. The number of nitrogens with zero attached hydrogens (tertiary/aromatic N) is 1. The topological polar surface area (TPSA) is 66.5 Å². The van der Waals surface area contributed by atoms with Crippen molar-refractivity contribution >= 4 is 23.4 Å². The Balaban J connectivity index is 1.41. The predicted octanol–water partition coefficient (Wildman–Crippen LogP) is 5.08. The highest BCUT2D eigenvalue weighted by Gasteiger charge is 2.62. The Morgan fingerprint density at radius 2 is 1.23 bits per heavy atom. The summed E-state index contributed by atoms with van der Waals surface area (Å²) in [6.07, 6.45) is 2.09. The van der Waals surface area contributed by atoms with Crippen LogP contribution in [-0.4, -0.2) is 28.7 Å². The molecule has 5 nitrogen and oxygen atoms in total. The van der Waals surface area contributed by atoms with E-state index in [-0.39, 0.29) is 29.6 Å². The minimum absolute atomic E-state index is 0.164. The van der Waals surface area contributed by atoms with E-state index in [9.17, 15) is 14.4 Å². The van der Waals surface area contributed by atoms with Gasteiger partial charge in [-0.15, -0.1) is 0 Å². The molecule has 4 aliphatic rings. The van der Waals surface area contributed by atoms with Crippen LogP contribution in [0.5, 0.6) is 0 Å². The molecule has 0 saturated carbocycles. The van der Waals surface area contributed by atoms with Gasteiger partial charge in [0, 0.05) is 17.5 Å². The monoisotopic (exact) mass is 464 g/mol. The zero-order chi connectivity index (χ0) is 24.1. The number of unbranched alkanes of at least 4 members (excludes halogenated alkanes) is 1. The maximum absolute atomic E-state index is 14.0. The molecule has 1 aliphatic heterocycles. The molecule has 176 valence electrons. The Hall–Kier alpha value is -3.73. The van der Waals surface area contributed by atoms with Gasteiger partial charge in [0.1, 0.15) is 6.04 Å². The molecule has 7 rings (SSSR count). The summed E-state index contributed by atoms with van der Waals surface area (Å²) in [6.45, 7) is 2.05. The molecule has 3 aromatic carbocycles. The molecule has 1 fully saturated rings. The number of imide groups is 1. The molecule has 3 atom stereocenters. The first-order valence-electron chi connectivity index (χ1n) is 12.5. The van der Waals surface area contributed by atoms with E-state index in [1.54, 1.807) is 0 Å². The summed E-state index contributed by atoms with van der Waals surface area (Å²) in [5, 5.41) is 2.94. The fraction of sp³-hybridized carbons (Fsp3) is 0.300. The number of benzene rings is 3. The third kappa shape index (κ3) is 3.25. The zero-order valence-electron chi connectivity index (χ0n) is 19.7. The van der Waals surface area contributed by atoms with Gasteiger partial charge in [0.2, 0.25) is 17.7 Å². The molecule has 1 N–H and O–H groups in total. The van der Waals surface area contributed by atoms with Gasteiger partial charge in [-0.05, 0) is 40.8 Å². The molecule has 1 saturated heterocycles. The summed E-state index contributed by atoms with van der Waals surface area (Å²) in [6, 6.07) is 24.8. The fourth-order valence-electron chi connectivity index (χ4n) is 6.53. The fourth-order valence-corrected chi connectivity index (χ4v) is 6.53. The van der Waals surface area contributed by atoms with E-state index in [4.69, 9.17) is 0 Å². The SMILES string of the molecule is CCCC[C@H](C(=O)Nc1ccccc1)N1C(=O)[C@@H]2C3c4ccccc4C(c4ccccc43)[C@@H]2C1=O. The van der Waals surface area contributed by atoms with E-state index in [0.29, 0.717) is 12.1 Å². The van der Waals surface area contributed by atoms with Gasteiger partial charge in [-0.3, -0.25) is 19.3 Å². The highest BCUT2D eigenvalue weighted by molar-refractivity contribution is 6.11. The number of carbonyl (C=O) groups excluding carboxylic acids is 3. The van der Waals surface area contributed by atoms with Crippen LogP contribution in [0, 0.1) is 11.8 Å². The Kier molecular flexibility index (Phi) is 5.28. The van der Waals surface area contributed by atoms with Crippen molar-refractivity contribution in [3.8, 4) is 0 Å². The van der Waals surface area contributed by atoms with Gasteiger partial charge in [-0.25, -0.2) is 0 Å². The molecular weight excluding hydrogens is 436 g/mol. The van der Waals surface area contributed by atoms with Crippen LogP contribution >= 0.6 is 0 Å². The number of rotatable bonds is 6. The first-order valence-corrected chi connectivity index (χ1v) is 12.5. The second-order valence-electron chi connectivity index (χ2n) is 9.82. The molecule has 1 heterocycles.